The molecule has 2 saturated carbocycles. The summed E-state index contributed by atoms with van der Waals surface area (Å²) < 4.78 is 0. The molecule has 0 saturated heterocycles. The van der Waals surface area contributed by atoms with E-state index in [1.54, 1.807) is 0 Å². The molecule has 2 aliphatic carbocycles. The zero-order chi connectivity index (χ0) is 12.1. The molecule has 2 nitrogen and oxygen atoms in total. The van der Waals surface area contributed by atoms with Crippen LogP contribution in [0.5, 0.6) is 0 Å². The normalized spacial score (nSPS) is 33.9. The van der Waals surface area contributed by atoms with Crippen molar-refractivity contribution >= 4 is 0 Å². The summed E-state index contributed by atoms with van der Waals surface area (Å²) in [6, 6.07) is 0. The van der Waals surface area contributed by atoms with Crippen molar-refractivity contribution in [3.8, 4) is 0 Å². The molecule has 100 valence electrons. The molecular formula is C15H30N2. The third-order valence-electron chi connectivity index (χ3n) is 4.90. The highest BCUT2D eigenvalue weighted by Crippen LogP contribution is 2.35. The van der Waals surface area contributed by atoms with E-state index in [4.69, 9.17) is 5.73 Å². The summed E-state index contributed by atoms with van der Waals surface area (Å²) in [5.41, 5.74) is 6.33. The predicted octanol–water partition coefficient (Wildman–Crippen LogP) is 3.06. The first-order valence-corrected chi connectivity index (χ1v) is 7.73. The van der Waals surface area contributed by atoms with Crippen molar-refractivity contribution in [2.75, 3.05) is 13.1 Å². The lowest BCUT2D eigenvalue weighted by atomic mass is 9.74. The molecule has 2 rings (SSSR count). The molecule has 0 spiro atoms. The van der Waals surface area contributed by atoms with Gasteiger partial charge in [0.1, 0.15) is 0 Å². The topological polar surface area (TPSA) is 38.0 Å². The summed E-state index contributed by atoms with van der Waals surface area (Å²) in [6.07, 6.45) is 12.5. The van der Waals surface area contributed by atoms with Gasteiger partial charge in [0.25, 0.3) is 0 Å². The van der Waals surface area contributed by atoms with Crippen LogP contribution in [0.1, 0.15) is 64.7 Å². The second-order valence-electron chi connectivity index (χ2n) is 6.37. The van der Waals surface area contributed by atoms with Gasteiger partial charge < -0.3 is 11.1 Å². The van der Waals surface area contributed by atoms with Crippen LogP contribution in [0.2, 0.25) is 0 Å². The third kappa shape index (κ3) is 3.96. The van der Waals surface area contributed by atoms with Gasteiger partial charge in [-0.3, -0.25) is 0 Å². The maximum atomic E-state index is 6.05. The Morgan fingerprint density at radius 2 is 2.06 bits per heavy atom. The Bertz CT molecular complexity index is 225. The van der Waals surface area contributed by atoms with Crippen LogP contribution in [0.4, 0.5) is 0 Å². The van der Waals surface area contributed by atoms with E-state index in [-0.39, 0.29) is 5.54 Å². The summed E-state index contributed by atoms with van der Waals surface area (Å²) in [6.45, 7) is 4.33. The van der Waals surface area contributed by atoms with Gasteiger partial charge in [0.15, 0.2) is 0 Å². The quantitative estimate of drug-likeness (QED) is 0.669. The Balaban J connectivity index is 1.72. The Hall–Kier alpha value is -0.0800. The smallest absolute Gasteiger partial charge is 0.0306 e. The molecular weight excluding hydrogens is 208 g/mol. The Morgan fingerprint density at radius 3 is 2.71 bits per heavy atom. The first-order chi connectivity index (χ1) is 8.28. The number of rotatable bonds is 7. The molecule has 0 aliphatic heterocycles. The van der Waals surface area contributed by atoms with E-state index in [2.05, 4.69) is 12.2 Å². The van der Waals surface area contributed by atoms with Crippen LogP contribution < -0.4 is 11.1 Å². The molecule has 2 fully saturated rings. The molecule has 0 bridgehead atoms. The summed E-state index contributed by atoms with van der Waals surface area (Å²) in [5.74, 6) is 1.98. The third-order valence-corrected chi connectivity index (χ3v) is 4.90. The fourth-order valence-corrected chi connectivity index (χ4v) is 3.40. The summed E-state index contributed by atoms with van der Waals surface area (Å²) in [4.78, 5) is 0. The van der Waals surface area contributed by atoms with Gasteiger partial charge in [-0.15, -0.1) is 0 Å². The Morgan fingerprint density at radius 1 is 1.24 bits per heavy atom. The van der Waals surface area contributed by atoms with E-state index >= 15 is 0 Å². The molecule has 3 N–H and O–H groups in total. The number of nitrogens with two attached hydrogens (primary N) is 1. The van der Waals surface area contributed by atoms with Gasteiger partial charge >= 0.3 is 0 Å². The number of hydrogen-bond acceptors (Lipinski definition) is 2. The van der Waals surface area contributed by atoms with E-state index in [0.717, 1.165) is 18.4 Å². The maximum absolute atomic E-state index is 6.05. The first-order valence-electron chi connectivity index (χ1n) is 7.73. The molecule has 2 heteroatoms. The van der Waals surface area contributed by atoms with Crippen LogP contribution >= 0.6 is 0 Å². The van der Waals surface area contributed by atoms with Crippen LogP contribution in [0.3, 0.4) is 0 Å². The Labute approximate surface area is 107 Å². The van der Waals surface area contributed by atoms with Gasteiger partial charge in [-0.25, -0.2) is 0 Å². The minimum absolute atomic E-state index is 0.280. The summed E-state index contributed by atoms with van der Waals surface area (Å²) in [5, 5.41) is 3.81. The standard InChI is InChI=1S/C15H30N2/c1-2-13-5-3-9-15(11-13,12-16)17-10-4-6-14-7-8-14/h13-14,17H,2-12,16H2,1H3. The summed E-state index contributed by atoms with van der Waals surface area (Å²) >= 11 is 0. The van der Waals surface area contributed by atoms with E-state index in [1.807, 2.05) is 0 Å². The zero-order valence-electron chi connectivity index (χ0n) is 11.5. The van der Waals surface area contributed by atoms with E-state index < -0.39 is 0 Å². The van der Waals surface area contributed by atoms with Gasteiger partial charge in [-0.1, -0.05) is 39.0 Å². The highest BCUT2D eigenvalue weighted by molar-refractivity contribution is 4.94. The van der Waals surface area contributed by atoms with Crippen molar-refractivity contribution in [1.82, 2.24) is 5.32 Å². The fraction of sp³-hybridized carbons (Fsp3) is 1.00. The molecule has 2 atom stereocenters. The van der Waals surface area contributed by atoms with Crippen molar-refractivity contribution in [1.29, 1.82) is 0 Å². The molecule has 0 aromatic rings. The highest BCUT2D eigenvalue weighted by Gasteiger charge is 2.33. The van der Waals surface area contributed by atoms with Crippen LogP contribution in [-0.4, -0.2) is 18.6 Å². The van der Waals surface area contributed by atoms with Crippen molar-refractivity contribution < 1.29 is 0 Å². The van der Waals surface area contributed by atoms with E-state index in [1.165, 1.54) is 64.3 Å². The van der Waals surface area contributed by atoms with Gasteiger partial charge in [-0.05, 0) is 44.1 Å². The van der Waals surface area contributed by atoms with Crippen LogP contribution in [-0.2, 0) is 0 Å². The van der Waals surface area contributed by atoms with Crippen molar-refractivity contribution in [2.24, 2.45) is 17.6 Å². The van der Waals surface area contributed by atoms with Gasteiger partial charge in [-0.2, -0.15) is 0 Å². The van der Waals surface area contributed by atoms with Crippen LogP contribution in [0.25, 0.3) is 0 Å². The molecule has 0 radical (unpaired) electrons. The van der Waals surface area contributed by atoms with Gasteiger partial charge in [0.2, 0.25) is 0 Å². The largest absolute Gasteiger partial charge is 0.329 e. The average molecular weight is 238 g/mol. The van der Waals surface area contributed by atoms with Crippen LogP contribution in [0.15, 0.2) is 0 Å². The highest BCUT2D eigenvalue weighted by atomic mass is 15.0. The first kappa shape index (κ1) is 13.4. The van der Waals surface area contributed by atoms with Gasteiger partial charge in [0.05, 0.1) is 0 Å². The molecule has 0 amide bonds. The lowest BCUT2D eigenvalue weighted by Crippen LogP contribution is -2.54. The molecule has 0 aromatic carbocycles. The average Bonchev–Trinajstić information content (AvgIpc) is 3.19. The SMILES string of the molecule is CCC1CCCC(CN)(NCCCC2CC2)C1. The van der Waals surface area contributed by atoms with E-state index in [9.17, 15) is 0 Å². The van der Waals surface area contributed by atoms with Crippen molar-refractivity contribution in [3.05, 3.63) is 0 Å². The second-order valence-corrected chi connectivity index (χ2v) is 6.37. The second kappa shape index (κ2) is 6.19. The minimum Gasteiger partial charge on any atom is -0.329 e. The van der Waals surface area contributed by atoms with Crippen LogP contribution in [0, 0.1) is 11.8 Å². The molecule has 2 unspecified atom stereocenters. The maximum Gasteiger partial charge on any atom is 0.0306 e. The van der Waals surface area contributed by atoms with Crippen molar-refractivity contribution in [3.63, 3.8) is 0 Å². The number of hydrogen-bond donors (Lipinski definition) is 2. The molecule has 2 aliphatic rings. The summed E-state index contributed by atoms with van der Waals surface area (Å²) in [7, 11) is 0. The van der Waals surface area contributed by atoms with Crippen molar-refractivity contribution in [2.45, 2.75) is 70.3 Å². The van der Waals surface area contributed by atoms with Gasteiger partial charge in [0, 0.05) is 12.1 Å². The monoisotopic (exact) mass is 238 g/mol. The van der Waals surface area contributed by atoms with E-state index in [0.29, 0.717) is 0 Å². The molecule has 0 aromatic heterocycles. The lowest BCUT2D eigenvalue weighted by molar-refractivity contribution is 0.180. The molecule has 17 heavy (non-hydrogen) atoms. The minimum atomic E-state index is 0.280. The lowest BCUT2D eigenvalue weighted by Gasteiger charge is -2.41. The predicted molar refractivity (Wildman–Crippen MR) is 74.0 cm³/mol. The number of nitrogens with one attached hydrogen (secondary N) is 1. The molecule has 0 heterocycles. The Kier molecular flexibility index (Phi) is 4.87. The fourth-order valence-electron chi connectivity index (χ4n) is 3.40. The zero-order valence-corrected chi connectivity index (χ0v) is 11.5.